The molecule has 1 fully saturated rings. The maximum Gasteiger partial charge on any atom is 0.259 e. The Hall–Kier alpha value is -2.44. The van der Waals surface area contributed by atoms with Crippen molar-refractivity contribution in [1.82, 2.24) is 20.3 Å². The highest BCUT2D eigenvalue weighted by Gasteiger charge is 2.25. The van der Waals surface area contributed by atoms with Gasteiger partial charge in [0.1, 0.15) is 11.3 Å². The SMILES string of the molecule is Cc1noc(C)c1C(=O)N1CCCN(c2cccnn2)CC1. The fourth-order valence-corrected chi connectivity index (χ4v) is 2.76. The first-order chi connectivity index (χ1) is 10.7. The summed E-state index contributed by atoms with van der Waals surface area (Å²) in [6, 6.07) is 3.82. The van der Waals surface area contributed by atoms with E-state index in [0.29, 0.717) is 23.6 Å². The molecule has 7 nitrogen and oxygen atoms in total. The van der Waals surface area contributed by atoms with Gasteiger partial charge in [-0.15, -0.1) is 5.10 Å². The van der Waals surface area contributed by atoms with Crippen molar-refractivity contribution in [2.45, 2.75) is 20.3 Å². The largest absolute Gasteiger partial charge is 0.361 e. The van der Waals surface area contributed by atoms with E-state index in [1.807, 2.05) is 17.0 Å². The van der Waals surface area contributed by atoms with Crippen molar-refractivity contribution in [3.8, 4) is 0 Å². The number of aryl methyl sites for hydroxylation is 2. The van der Waals surface area contributed by atoms with Gasteiger partial charge in [0.05, 0.1) is 5.69 Å². The summed E-state index contributed by atoms with van der Waals surface area (Å²) in [5, 5.41) is 11.9. The lowest BCUT2D eigenvalue weighted by molar-refractivity contribution is 0.0764. The van der Waals surface area contributed by atoms with Crippen LogP contribution in [0.5, 0.6) is 0 Å². The van der Waals surface area contributed by atoms with Gasteiger partial charge in [0.25, 0.3) is 5.91 Å². The van der Waals surface area contributed by atoms with E-state index < -0.39 is 0 Å². The van der Waals surface area contributed by atoms with Crippen molar-refractivity contribution in [2.75, 3.05) is 31.1 Å². The second-order valence-electron chi connectivity index (χ2n) is 5.41. The van der Waals surface area contributed by atoms with Gasteiger partial charge in [0.2, 0.25) is 0 Å². The van der Waals surface area contributed by atoms with Gasteiger partial charge in [-0.25, -0.2) is 0 Å². The standard InChI is InChI=1S/C15H19N5O2/c1-11-14(12(2)22-18-11)15(21)20-8-4-7-19(9-10-20)13-5-3-6-16-17-13/h3,5-6H,4,7-10H2,1-2H3. The molecule has 7 heteroatoms. The molecule has 1 amide bonds. The lowest BCUT2D eigenvalue weighted by atomic mass is 10.1. The molecule has 2 aromatic rings. The molecule has 0 spiro atoms. The number of anilines is 1. The molecule has 0 atom stereocenters. The van der Waals surface area contributed by atoms with Gasteiger partial charge in [-0.2, -0.15) is 5.10 Å². The summed E-state index contributed by atoms with van der Waals surface area (Å²) in [5.41, 5.74) is 1.24. The molecule has 1 saturated heterocycles. The summed E-state index contributed by atoms with van der Waals surface area (Å²) < 4.78 is 5.10. The monoisotopic (exact) mass is 301 g/mol. The third-order valence-corrected chi connectivity index (χ3v) is 3.91. The number of carbonyl (C=O) groups excluding carboxylic acids is 1. The summed E-state index contributed by atoms with van der Waals surface area (Å²) in [7, 11) is 0. The summed E-state index contributed by atoms with van der Waals surface area (Å²) in [6.07, 6.45) is 2.56. The van der Waals surface area contributed by atoms with Crippen LogP contribution in [0.3, 0.4) is 0 Å². The van der Waals surface area contributed by atoms with E-state index in [0.717, 1.165) is 31.9 Å². The van der Waals surface area contributed by atoms with E-state index in [1.165, 1.54) is 0 Å². The molecule has 3 rings (SSSR count). The minimum atomic E-state index is -0.00255. The maximum atomic E-state index is 12.7. The highest BCUT2D eigenvalue weighted by Crippen LogP contribution is 2.18. The predicted molar refractivity (Wildman–Crippen MR) is 80.7 cm³/mol. The van der Waals surface area contributed by atoms with E-state index in [1.54, 1.807) is 20.0 Å². The molecule has 0 radical (unpaired) electrons. The molecule has 1 aliphatic rings. The minimum Gasteiger partial charge on any atom is -0.361 e. The van der Waals surface area contributed by atoms with Gasteiger partial charge in [-0.1, -0.05) is 5.16 Å². The normalized spacial score (nSPS) is 15.7. The van der Waals surface area contributed by atoms with Crippen LogP contribution < -0.4 is 4.90 Å². The number of hydrogen-bond donors (Lipinski definition) is 0. The van der Waals surface area contributed by atoms with Gasteiger partial charge in [0.15, 0.2) is 5.82 Å². The first kappa shape index (κ1) is 14.5. The maximum absolute atomic E-state index is 12.7. The summed E-state index contributed by atoms with van der Waals surface area (Å²) >= 11 is 0. The molecule has 3 heterocycles. The Morgan fingerprint density at radius 1 is 1.23 bits per heavy atom. The quantitative estimate of drug-likeness (QED) is 0.835. The zero-order chi connectivity index (χ0) is 15.5. The molecule has 0 bridgehead atoms. The Labute approximate surface area is 128 Å². The Kier molecular flexibility index (Phi) is 4.04. The van der Waals surface area contributed by atoms with Crippen LogP contribution in [0.15, 0.2) is 22.9 Å². The number of aromatic nitrogens is 3. The van der Waals surface area contributed by atoms with E-state index in [-0.39, 0.29) is 5.91 Å². The fourth-order valence-electron chi connectivity index (χ4n) is 2.76. The first-order valence-corrected chi connectivity index (χ1v) is 7.41. The zero-order valence-corrected chi connectivity index (χ0v) is 12.8. The lowest BCUT2D eigenvalue weighted by Gasteiger charge is -2.22. The Morgan fingerprint density at radius 2 is 2.09 bits per heavy atom. The van der Waals surface area contributed by atoms with Gasteiger partial charge >= 0.3 is 0 Å². The molecular weight excluding hydrogens is 282 g/mol. The molecule has 0 aromatic carbocycles. The van der Waals surface area contributed by atoms with Gasteiger partial charge in [0, 0.05) is 32.4 Å². The molecule has 116 valence electrons. The molecule has 1 aliphatic heterocycles. The number of amides is 1. The van der Waals surface area contributed by atoms with Crippen LogP contribution in [0.2, 0.25) is 0 Å². The fraction of sp³-hybridized carbons (Fsp3) is 0.467. The smallest absolute Gasteiger partial charge is 0.259 e. The number of rotatable bonds is 2. The second kappa shape index (κ2) is 6.13. The molecule has 2 aromatic heterocycles. The summed E-state index contributed by atoms with van der Waals surface area (Å²) in [4.78, 5) is 16.7. The van der Waals surface area contributed by atoms with Gasteiger partial charge in [-0.3, -0.25) is 4.79 Å². The third kappa shape index (κ3) is 2.79. The van der Waals surface area contributed by atoms with Crippen molar-refractivity contribution in [2.24, 2.45) is 0 Å². The van der Waals surface area contributed by atoms with Crippen molar-refractivity contribution < 1.29 is 9.32 Å². The molecular formula is C15H19N5O2. The van der Waals surface area contributed by atoms with E-state index >= 15 is 0 Å². The average molecular weight is 301 g/mol. The topological polar surface area (TPSA) is 75.4 Å². The molecule has 0 unspecified atom stereocenters. The Balaban J connectivity index is 1.72. The van der Waals surface area contributed by atoms with Crippen molar-refractivity contribution in [3.63, 3.8) is 0 Å². The highest BCUT2D eigenvalue weighted by atomic mass is 16.5. The van der Waals surface area contributed by atoms with Crippen LogP contribution in [-0.4, -0.2) is 52.3 Å². The van der Waals surface area contributed by atoms with E-state index in [4.69, 9.17) is 4.52 Å². The van der Waals surface area contributed by atoms with Crippen LogP contribution in [0.1, 0.15) is 28.2 Å². The first-order valence-electron chi connectivity index (χ1n) is 7.41. The highest BCUT2D eigenvalue weighted by molar-refractivity contribution is 5.96. The van der Waals surface area contributed by atoms with Gasteiger partial charge in [-0.05, 0) is 32.4 Å². The number of nitrogens with zero attached hydrogens (tertiary/aromatic N) is 5. The lowest BCUT2D eigenvalue weighted by Crippen LogP contribution is -2.35. The molecule has 0 aliphatic carbocycles. The Morgan fingerprint density at radius 3 is 2.77 bits per heavy atom. The summed E-state index contributed by atoms with van der Waals surface area (Å²) in [6.45, 7) is 6.56. The zero-order valence-electron chi connectivity index (χ0n) is 12.8. The van der Waals surface area contributed by atoms with Crippen molar-refractivity contribution in [1.29, 1.82) is 0 Å². The third-order valence-electron chi connectivity index (χ3n) is 3.91. The molecule has 0 saturated carbocycles. The van der Waals surface area contributed by atoms with Crippen LogP contribution >= 0.6 is 0 Å². The van der Waals surface area contributed by atoms with Crippen LogP contribution in [0.25, 0.3) is 0 Å². The van der Waals surface area contributed by atoms with Crippen LogP contribution in [0, 0.1) is 13.8 Å². The van der Waals surface area contributed by atoms with E-state index in [2.05, 4.69) is 20.3 Å². The van der Waals surface area contributed by atoms with Crippen molar-refractivity contribution in [3.05, 3.63) is 35.3 Å². The predicted octanol–water partition coefficient (Wildman–Crippen LogP) is 1.43. The second-order valence-corrected chi connectivity index (χ2v) is 5.41. The van der Waals surface area contributed by atoms with Crippen LogP contribution in [-0.2, 0) is 0 Å². The molecule has 22 heavy (non-hydrogen) atoms. The molecule has 0 N–H and O–H groups in total. The minimum absolute atomic E-state index is 0.00255. The van der Waals surface area contributed by atoms with Crippen molar-refractivity contribution >= 4 is 11.7 Å². The summed E-state index contributed by atoms with van der Waals surface area (Å²) in [5.74, 6) is 1.43. The Bertz CT molecular complexity index is 636. The average Bonchev–Trinajstić information content (AvgIpc) is 2.76. The van der Waals surface area contributed by atoms with Gasteiger partial charge < -0.3 is 14.3 Å². The van der Waals surface area contributed by atoms with Crippen LogP contribution in [0.4, 0.5) is 5.82 Å². The number of hydrogen-bond acceptors (Lipinski definition) is 6. The number of carbonyl (C=O) groups is 1. The van der Waals surface area contributed by atoms with E-state index in [9.17, 15) is 4.79 Å².